The van der Waals surface area contributed by atoms with Gasteiger partial charge in [-0.25, -0.2) is 0 Å². The summed E-state index contributed by atoms with van der Waals surface area (Å²) in [6.45, 7) is 29.6. The topological polar surface area (TPSA) is 0 Å². The minimum Gasteiger partial charge on any atom is -0.0625 e. The van der Waals surface area contributed by atoms with Gasteiger partial charge in [0, 0.05) is 0 Å². The second kappa shape index (κ2) is 10.3. The van der Waals surface area contributed by atoms with E-state index in [1.165, 1.54) is 0 Å². The van der Waals surface area contributed by atoms with Crippen LogP contribution in [0.4, 0.5) is 0 Å². The Balaban J connectivity index is 1.26. The van der Waals surface area contributed by atoms with E-state index in [9.17, 15) is 0 Å². The summed E-state index contributed by atoms with van der Waals surface area (Å²) in [7, 11) is 0. The Kier molecular flexibility index (Phi) is 7.15. The van der Waals surface area contributed by atoms with E-state index in [2.05, 4.69) is 76.2 Å². The van der Waals surface area contributed by atoms with Crippen LogP contribution in [0.1, 0.15) is 147 Å². The van der Waals surface area contributed by atoms with Crippen LogP contribution in [0.25, 0.3) is 0 Å². The van der Waals surface area contributed by atoms with Crippen LogP contribution in [-0.4, -0.2) is 0 Å². The molecule has 9 rings (SSSR count). The summed E-state index contributed by atoms with van der Waals surface area (Å²) in [5.74, 6) is 21.5. The second-order valence-corrected chi connectivity index (χ2v) is 23.6. The van der Waals surface area contributed by atoms with Gasteiger partial charge in [-0.2, -0.15) is 0 Å². The molecule has 9 aliphatic carbocycles. The molecular weight excluding hydrogens is 553 g/mol. The lowest BCUT2D eigenvalue weighted by molar-refractivity contribution is -0.282. The molecule has 9 saturated carbocycles. The third kappa shape index (κ3) is 4.09. The second-order valence-electron chi connectivity index (χ2n) is 23.6. The van der Waals surface area contributed by atoms with Crippen LogP contribution in [0.3, 0.4) is 0 Å². The fraction of sp³-hybridized carbons (Fsp3) is 1.00. The Morgan fingerprint density at radius 1 is 0.435 bits per heavy atom. The Hall–Kier alpha value is 0. The van der Waals surface area contributed by atoms with Gasteiger partial charge in [0.1, 0.15) is 0 Å². The number of hydrogen-bond acceptors (Lipinski definition) is 0. The Labute approximate surface area is 286 Å². The summed E-state index contributed by atoms with van der Waals surface area (Å²) in [6, 6.07) is 0. The highest BCUT2D eigenvalue weighted by molar-refractivity contribution is 5.27. The Morgan fingerprint density at radius 3 is 1.78 bits per heavy atom. The van der Waals surface area contributed by atoms with Crippen molar-refractivity contribution in [2.75, 3.05) is 0 Å². The van der Waals surface area contributed by atoms with Gasteiger partial charge < -0.3 is 0 Å². The van der Waals surface area contributed by atoms with Crippen LogP contribution in [0, 0.1) is 141 Å². The van der Waals surface area contributed by atoms with Gasteiger partial charge in [-0.05, 0) is 205 Å². The largest absolute Gasteiger partial charge is 0.0625 e. The molecule has 0 aromatic rings. The first-order chi connectivity index (χ1) is 21.6. The fourth-order valence-corrected chi connectivity index (χ4v) is 19.2. The summed E-state index contributed by atoms with van der Waals surface area (Å²) >= 11 is 0. The molecule has 0 heteroatoms. The maximum Gasteiger partial charge on any atom is -0.0165 e. The van der Waals surface area contributed by atoms with E-state index in [0.717, 1.165) is 124 Å². The van der Waals surface area contributed by atoms with Gasteiger partial charge >= 0.3 is 0 Å². The summed E-state index contributed by atoms with van der Waals surface area (Å²) < 4.78 is 0. The van der Waals surface area contributed by atoms with Crippen molar-refractivity contribution in [3.05, 3.63) is 0 Å². The first kappa shape index (κ1) is 31.9. The van der Waals surface area contributed by atoms with Gasteiger partial charge in [-0.15, -0.1) is 0 Å². The molecule has 1 spiro atoms. The third-order valence-electron chi connectivity index (χ3n) is 19.8. The van der Waals surface area contributed by atoms with Crippen molar-refractivity contribution in [1.82, 2.24) is 0 Å². The highest BCUT2D eigenvalue weighted by atomic mass is 14.8. The van der Waals surface area contributed by atoms with Crippen LogP contribution in [-0.2, 0) is 0 Å². The quantitative estimate of drug-likeness (QED) is 0.250. The molecule has 260 valence electrons. The van der Waals surface area contributed by atoms with Crippen molar-refractivity contribution in [1.29, 1.82) is 0 Å². The summed E-state index contributed by atoms with van der Waals surface area (Å²) in [4.78, 5) is 0. The lowest BCUT2D eigenvalue weighted by Gasteiger charge is -2.76. The molecular formula is C46H76. The van der Waals surface area contributed by atoms with Crippen LogP contribution in [0.2, 0.25) is 0 Å². The Morgan fingerprint density at radius 2 is 1.07 bits per heavy atom. The monoisotopic (exact) mass is 629 g/mol. The average molecular weight is 629 g/mol. The van der Waals surface area contributed by atoms with Gasteiger partial charge in [0.05, 0.1) is 0 Å². The molecule has 9 aliphatic rings. The van der Waals surface area contributed by atoms with Crippen LogP contribution in [0.5, 0.6) is 0 Å². The molecule has 0 heterocycles. The molecule has 0 saturated heterocycles. The summed E-state index contributed by atoms with van der Waals surface area (Å²) in [5.41, 5.74) is 1.60. The van der Waals surface area contributed by atoms with Crippen LogP contribution in [0.15, 0.2) is 0 Å². The van der Waals surface area contributed by atoms with E-state index in [-0.39, 0.29) is 0 Å². The maximum atomic E-state index is 2.87. The lowest BCUT2D eigenvalue weighted by Crippen LogP contribution is -2.71. The smallest absolute Gasteiger partial charge is 0.0165 e. The van der Waals surface area contributed by atoms with Gasteiger partial charge in [-0.1, -0.05) is 82.6 Å². The molecule has 0 radical (unpaired) electrons. The molecule has 0 bridgehead atoms. The zero-order chi connectivity index (χ0) is 32.4. The zero-order valence-corrected chi connectivity index (χ0v) is 32.4. The van der Waals surface area contributed by atoms with Crippen molar-refractivity contribution < 1.29 is 0 Å². The van der Waals surface area contributed by atoms with Crippen molar-refractivity contribution >= 4 is 0 Å². The van der Waals surface area contributed by atoms with Gasteiger partial charge in [0.2, 0.25) is 0 Å². The van der Waals surface area contributed by atoms with E-state index in [1.54, 1.807) is 70.6 Å². The first-order valence-corrected chi connectivity index (χ1v) is 21.6. The molecule has 9 fully saturated rings. The highest BCUT2D eigenvalue weighted by Gasteiger charge is 2.79. The van der Waals surface area contributed by atoms with E-state index in [4.69, 9.17) is 0 Å². The standard InChI is InChI=1S/C46H76/c1-23-12-13-31-32(15-23)26(4)33-16-25(3)18-38-40(33)39(31)36-17-24(2)14-28-19-29-20-30(44(6,7)8)21-34-35-22-37(45(9,10)11)27(5)41(35)46(38,42(29)34)43(28)36/h23-43H,12-22H2,1-11H3. The number of fused-ring (bicyclic) bond motifs is 5. The van der Waals surface area contributed by atoms with Gasteiger partial charge in [-0.3, -0.25) is 0 Å². The average Bonchev–Trinajstić information content (AvgIpc) is 3.46. The van der Waals surface area contributed by atoms with Gasteiger partial charge in [0.15, 0.2) is 0 Å². The Bertz CT molecular complexity index is 1180. The molecule has 0 nitrogen and oxygen atoms in total. The van der Waals surface area contributed by atoms with Crippen LogP contribution < -0.4 is 0 Å². The molecule has 0 amide bonds. The predicted molar refractivity (Wildman–Crippen MR) is 194 cm³/mol. The van der Waals surface area contributed by atoms with E-state index in [1.807, 2.05) is 0 Å². The number of rotatable bonds is 0. The normalized spacial score (nSPS) is 62.0. The SMILES string of the molecule is CC1CCC2C(C1)C(C)C1CC(C)CC3C1C2C1CC(C)CC2CC4CC(C(C)(C)C)CC5C6CC(C(C)(C)C)C(C)C6C3(C45)C21. The zero-order valence-electron chi connectivity index (χ0n) is 32.4. The van der Waals surface area contributed by atoms with E-state index in [0.29, 0.717) is 16.2 Å². The van der Waals surface area contributed by atoms with Crippen molar-refractivity contribution in [2.24, 2.45) is 141 Å². The molecule has 46 heavy (non-hydrogen) atoms. The van der Waals surface area contributed by atoms with Crippen molar-refractivity contribution in [3.63, 3.8) is 0 Å². The predicted octanol–water partition coefficient (Wildman–Crippen LogP) is 12.5. The highest BCUT2D eigenvalue weighted by Crippen LogP contribution is 2.84. The number of hydrogen-bond donors (Lipinski definition) is 0. The van der Waals surface area contributed by atoms with Gasteiger partial charge in [0.25, 0.3) is 0 Å². The molecule has 22 unspecified atom stereocenters. The van der Waals surface area contributed by atoms with Crippen molar-refractivity contribution in [2.45, 2.75) is 147 Å². The van der Waals surface area contributed by atoms with Crippen molar-refractivity contribution in [3.8, 4) is 0 Å². The first-order valence-electron chi connectivity index (χ1n) is 21.6. The summed E-state index contributed by atoms with van der Waals surface area (Å²) in [5, 5.41) is 0. The molecule has 0 aliphatic heterocycles. The molecule has 22 atom stereocenters. The molecule has 0 N–H and O–H groups in total. The fourth-order valence-electron chi connectivity index (χ4n) is 19.2. The minimum absolute atomic E-state index is 0.451. The minimum atomic E-state index is 0.451. The van der Waals surface area contributed by atoms with Crippen LogP contribution >= 0.6 is 0 Å². The molecule has 0 aromatic heterocycles. The summed E-state index contributed by atoms with van der Waals surface area (Å²) in [6.07, 6.45) is 17.5. The maximum absolute atomic E-state index is 2.87. The third-order valence-corrected chi connectivity index (χ3v) is 19.8. The molecule has 0 aromatic carbocycles. The van der Waals surface area contributed by atoms with E-state index < -0.39 is 0 Å². The van der Waals surface area contributed by atoms with E-state index >= 15 is 0 Å². The lowest BCUT2D eigenvalue weighted by atomic mass is 9.29.